The van der Waals surface area contributed by atoms with Crippen LogP contribution in [0.25, 0.3) is 0 Å². The smallest absolute Gasteiger partial charge is 0.256 e. The van der Waals surface area contributed by atoms with Crippen LogP contribution in [0.2, 0.25) is 5.02 Å². The number of nitrogens with one attached hydrogen (secondary N) is 2. The Hall–Kier alpha value is -2.79. The molecule has 2 saturated heterocycles. The number of aromatic nitrogens is 1. The molecule has 2 aliphatic heterocycles. The van der Waals surface area contributed by atoms with E-state index < -0.39 is 0 Å². The molecule has 0 radical (unpaired) electrons. The first-order chi connectivity index (χ1) is 20.3. The van der Waals surface area contributed by atoms with Gasteiger partial charge in [-0.25, -0.2) is 0 Å². The lowest BCUT2D eigenvalue weighted by Gasteiger charge is -2.45. The van der Waals surface area contributed by atoms with Crippen molar-refractivity contribution >= 4 is 23.2 Å². The Kier molecular flexibility index (Phi) is 9.98. The Balaban J connectivity index is 1.37. The number of nitrogens with zero attached hydrogens (tertiary/aromatic N) is 3. The lowest BCUT2D eigenvalue weighted by Crippen LogP contribution is -2.55. The molecular weight excluding hydrogens is 558 g/mol. The predicted octanol–water partition coefficient (Wildman–Crippen LogP) is 3.44. The van der Waals surface area contributed by atoms with Gasteiger partial charge in [-0.3, -0.25) is 14.5 Å². The minimum atomic E-state index is -0.374. The number of H-pyrrole nitrogens is 1. The van der Waals surface area contributed by atoms with E-state index in [-0.39, 0.29) is 30.2 Å². The largest absolute Gasteiger partial charge is 0.496 e. The summed E-state index contributed by atoms with van der Waals surface area (Å²) in [6.07, 6.45) is 3.81. The minimum Gasteiger partial charge on any atom is -0.496 e. The maximum absolute atomic E-state index is 13.6. The molecule has 1 aromatic carbocycles. The summed E-state index contributed by atoms with van der Waals surface area (Å²) in [5.41, 5.74) is 1.85. The van der Waals surface area contributed by atoms with Gasteiger partial charge in [-0.2, -0.15) is 0 Å². The van der Waals surface area contributed by atoms with E-state index in [4.69, 9.17) is 25.8 Å². The minimum absolute atomic E-state index is 0.00114. The van der Waals surface area contributed by atoms with Crippen LogP contribution in [0.4, 0.5) is 5.69 Å². The number of ether oxygens (including phenoxy) is 3. The maximum atomic E-state index is 13.6. The van der Waals surface area contributed by atoms with Gasteiger partial charge in [0.05, 0.1) is 35.5 Å². The van der Waals surface area contributed by atoms with Crippen molar-refractivity contribution in [3.8, 4) is 11.5 Å². The van der Waals surface area contributed by atoms with Crippen LogP contribution in [0.15, 0.2) is 23.0 Å². The van der Waals surface area contributed by atoms with Crippen LogP contribution in [0.5, 0.6) is 11.5 Å². The number of likely N-dealkylation sites (N-methyl/N-ethyl adjacent to an activating group) is 1. The Bertz CT molecular complexity index is 1300. The molecule has 3 fully saturated rings. The van der Waals surface area contributed by atoms with Gasteiger partial charge in [0.15, 0.2) is 0 Å². The van der Waals surface area contributed by atoms with Crippen molar-refractivity contribution in [2.75, 3.05) is 65.0 Å². The first-order valence-electron chi connectivity index (χ1n) is 15.1. The summed E-state index contributed by atoms with van der Waals surface area (Å²) in [5.74, 6) is 0.690. The number of halogens is 1. The number of anilines is 1. The molecule has 230 valence electrons. The number of rotatable bonds is 10. The predicted molar refractivity (Wildman–Crippen MR) is 164 cm³/mol. The van der Waals surface area contributed by atoms with E-state index in [0.717, 1.165) is 64.1 Å². The fourth-order valence-electron chi connectivity index (χ4n) is 6.26. The lowest BCUT2D eigenvalue weighted by molar-refractivity contribution is -0.00195. The molecule has 3 heterocycles. The summed E-state index contributed by atoms with van der Waals surface area (Å²) >= 11 is 6.99. The summed E-state index contributed by atoms with van der Waals surface area (Å²) in [5, 5.41) is 3.27. The number of piperazine rings is 1. The molecule has 2 N–H and O–H groups in total. The van der Waals surface area contributed by atoms with Gasteiger partial charge < -0.3 is 34.3 Å². The zero-order valence-corrected chi connectivity index (χ0v) is 26.0. The van der Waals surface area contributed by atoms with Crippen molar-refractivity contribution in [1.29, 1.82) is 0 Å². The van der Waals surface area contributed by atoms with Gasteiger partial charge in [0.2, 0.25) is 0 Å². The molecule has 1 aliphatic carbocycles. The Morgan fingerprint density at radius 1 is 1.17 bits per heavy atom. The number of aryl methyl sites for hydroxylation is 1. The van der Waals surface area contributed by atoms with Crippen molar-refractivity contribution in [2.24, 2.45) is 0 Å². The molecule has 0 unspecified atom stereocenters. The first kappa shape index (κ1) is 30.7. The van der Waals surface area contributed by atoms with E-state index in [1.165, 1.54) is 7.11 Å². The standard InChI is InChI=1S/C31H44ClN5O5/c1-5-37(21-6-12-41-13-7-21)27-18-24(42-23-15-22(16-23)36-10-8-35(3)9-11-36)17-25(29(27)32)30(38)33-19-26-28(40-4)14-20(2)34-31(26)39/h14,17-18,21-23H,5-13,15-16,19H2,1-4H3,(H,33,38)(H,34,39). The lowest BCUT2D eigenvalue weighted by atomic mass is 9.87. The summed E-state index contributed by atoms with van der Waals surface area (Å²) in [4.78, 5) is 36.2. The molecule has 11 heteroatoms. The quantitative estimate of drug-likeness (QED) is 0.427. The van der Waals surface area contributed by atoms with E-state index in [9.17, 15) is 9.59 Å². The second-order valence-corrected chi connectivity index (χ2v) is 12.0. The van der Waals surface area contributed by atoms with Crippen molar-refractivity contribution in [3.63, 3.8) is 0 Å². The molecule has 0 atom stereocenters. The molecule has 3 aliphatic rings. The van der Waals surface area contributed by atoms with E-state index in [1.807, 2.05) is 6.07 Å². The molecule has 10 nitrogen and oxygen atoms in total. The van der Waals surface area contributed by atoms with Crippen LogP contribution in [-0.2, 0) is 11.3 Å². The first-order valence-corrected chi connectivity index (χ1v) is 15.5. The number of pyridine rings is 1. The zero-order valence-electron chi connectivity index (χ0n) is 25.2. The van der Waals surface area contributed by atoms with Gasteiger partial charge in [-0.1, -0.05) is 11.6 Å². The molecule has 5 rings (SSSR count). The van der Waals surface area contributed by atoms with Gasteiger partial charge in [0.25, 0.3) is 11.5 Å². The monoisotopic (exact) mass is 601 g/mol. The van der Waals surface area contributed by atoms with Crippen LogP contribution in [-0.4, -0.2) is 99.0 Å². The molecule has 2 aromatic rings. The maximum Gasteiger partial charge on any atom is 0.256 e. The number of benzene rings is 1. The summed E-state index contributed by atoms with van der Waals surface area (Å²) < 4.78 is 17.5. The van der Waals surface area contributed by atoms with E-state index in [0.29, 0.717) is 52.6 Å². The van der Waals surface area contributed by atoms with Crippen LogP contribution in [0.3, 0.4) is 0 Å². The topological polar surface area (TPSA) is 99.4 Å². The summed E-state index contributed by atoms with van der Waals surface area (Å²) in [7, 11) is 3.68. The van der Waals surface area contributed by atoms with Crippen LogP contribution < -0.4 is 25.2 Å². The van der Waals surface area contributed by atoms with E-state index >= 15 is 0 Å². The van der Waals surface area contributed by atoms with Gasteiger partial charge in [-0.05, 0) is 45.9 Å². The average Bonchev–Trinajstić information content (AvgIpc) is 2.96. The molecule has 0 bridgehead atoms. The zero-order chi connectivity index (χ0) is 29.8. The Morgan fingerprint density at radius 2 is 1.88 bits per heavy atom. The summed E-state index contributed by atoms with van der Waals surface area (Å²) in [6.45, 7) is 10.4. The van der Waals surface area contributed by atoms with Gasteiger partial charge >= 0.3 is 0 Å². The number of hydrogen-bond donors (Lipinski definition) is 2. The van der Waals surface area contributed by atoms with E-state index in [2.05, 4.69) is 39.0 Å². The third kappa shape index (κ3) is 6.88. The van der Waals surface area contributed by atoms with Crippen molar-refractivity contribution in [3.05, 3.63) is 50.4 Å². The van der Waals surface area contributed by atoms with Crippen molar-refractivity contribution in [1.82, 2.24) is 20.1 Å². The van der Waals surface area contributed by atoms with E-state index in [1.54, 1.807) is 19.1 Å². The third-order valence-electron chi connectivity index (χ3n) is 8.86. The van der Waals surface area contributed by atoms with Crippen LogP contribution in [0.1, 0.15) is 54.2 Å². The Morgan fingerprint density at radius 3 is 2.55 bits per heavy atom. The number of methoxy groups -OCH3 is 1. The highest BCUT2D eigenvalue weighted by Crippen LogP contribution is 2.39. The average molecular weight is 602 g/mol. The normalized spacial score (nSPS) is 21.9. The number of aromatic amines is 1. The molecule has 1 saturated carbocycles. The molecule has 42 heavy (non-hydrogen) atoms. The highest BCUT2D eigenvalue weighted by Gasteiger charge is 2.36. The summed E-state index contributed by atoms with van der Waals surface area (Å²) in [6, 6.07) is 6.25. The number of carbonyl (C=O) groups is 1. The highest BCUT2D eigenvalue weighted by molar-refractivity contribution is 6.36. The molecule has 1 amide bonds. The molecular formula is C31H44ClN5O5. The van der Waals surface area contributed by atoms with Gasteiger partial charge in [0, 0.05) is 82.6 Å². The SMILES string of the molecule is CCN(c1cc(OC2CC(N3CCN(C)CC3)C2)cc(C(=O)NCc2c(OC)cc(C)[nH]c2=O)c1Cl)C1CCOCC1. The third-order valence-corrected chi connectivity index (χ3v) is 9.25. The van der Waals surface area contributed by atoms with Crippen molar-refractivity contribution < 1.29 is 19.0 Å². The number of hydrogen-bond acceptors (Lipinski definition) is 8. The molecule has 0 spiro atoms. The van der Waals surface area contributed by atoms with Gasteiger partial charge in [0.1, 0.15) is 17.6 Å². The second kappa shape index (κ2) is 13.7. The highest BCUT2D eigenvalue weighted by atomic mass is 35.5. The Labute approximate surface area is 253 Å². The van der Waals surface area contributed by atoms with Crippen LogP contribution >= 0.6 is 11.6 Å². The second-order valence-electron chi connectivity index (χ2n) is 11.6. The number of carbonyl (C=O) groups excluding carboxylic acids is 1. The van der Waals surface area contributed by atoms with Crippen LogP contribution in [0, 0.1) is 6.92 Å². The molecule has 1 aromatic heterocycles. The fourth-order valence-corrected chi connectivity index (χ4v) is 6.56. The van der Waals surface area contributed by atoms with Gasteiger partial charge in [-0.15, -0.1) is 0 Å². The number of amides is 1. The fraction of sp³-hybridized carbons (Fsp3) is 0.613. The van der Waals surface area contributed by atoms with Crippen molar-refractivity contribution in [2.45, 2.75) is 64.3 Å².